The number of hydrogen-bond acceptors (Lipinski definition) is 6. The van der Waals surface area contributed by atoms with E-state index in [9.17, 15) is 24.5 Å². The molecule has 2 bridgehead atoms. The van der Waals surface area contributed by atoms with E-state index >= 15 is 0 Å². The molecular weight excluding hydrogens is 533 g/mol. The van der Waals surface area contributed by atoms with E-state index in [1.54, 1.807) is 48.5 Å². The lowest BCUT2D eigenvalue weighted by molar-refractivity contribution is -0.383. The van der Waals surface area contributed by atoms with Crippen molar-refractivity contribution in [2.24, 2.45) is 11.8 Å². The minimum Gasteiger partial charge on any atom is -0.497 e. The van der Waals surface area contributed by atoms with Crippen LogP contribution in [0.2, 0.25) is 0 Å². The lowest BCUT2D eigenvalue weighted by Crippen LogP contribution is -2.57. The number of methoxy groups -OCH3 is 1. The van der Waals surface area contributed by atoms with Crippen LogP contribution in [0, 0.1) is 22.0 Å². The Morgan fingerprint density at radius 1 is 0.947 bits per heavy atom. The van der Waals surface area contributed by atoms with Gasteiger partial charge in [-0.2, -0.15) is 0 Å². The molecule has 38 heavy (non-hydrogen) atoms. The average Bonchev–Trinajstić information content (AvgIpc) is 3.17. The van der Waals surface area contributed by atoms with Crippen molar-refractivity contribution in [3.63, 3.8) is 0 Å². The van der Waals surface area contributed by atoms with Crippen molar-refractivity contribution in [3.05, 3.63) is 99.1 Å². The zero-order valence-electron chi connectivity index (χ0n) is 19.8. The highest BCUT2D eigenvalue weighted by Crippen LogP contribution is 2.69. The second-order valence-corrected chi connectivity index (χ2v) is 10.6. The maximum atomic E-state index is 13.8. The number of ether oxygens (including phenoxy) is 1. The SMILES string of the molecule is COc1ccc([N+](=O)[O-])c(NC(=O)CN2C(=O)[C@@H]3[C@@H](C2=O)C2(Cl)c4ccccc4C3(Cl)c3ccccc32)c1. The summed E-state index contributed by atoms with van der Waals surface area (Å²) in [6.07, 6.45) is 0. The Bertz CT molecular complexity index is 1450. The summed E-state index contributed by atoms with van der Waals surface area (Å²) in [6, 6.07) is 18.3. The molecule has 0 aromatic heterocycles. The van der Waals surface area contributed by atoms with Gasteiger partial charge in [0.25, 0.3) is 5.69 Å². The molecule has 3 aromatic rings. The molecule has 1 N–H and O–H groups in total. The van der Waals surface area contributed by atoms with Crippen molar-refractivity contribution in [3.8, 4) is 5.75 Å². The van der Waals surface area contributed by atoms with E-state index in [-0.39, 0.29) is 17.1 Å². The Labute approximate surface area is 226 Å². The van der Waals surface area contributed by atoms with Gasteiger partial charge in [0.1, 0.15) is 27.7 Å². The summed E-state index contributed by atoms with van der Waals surface area (Å²) in [5.74, 6) is -3.85. The highest BCUT2D eigenvalue weighted by Gasteiger charge is 2.73. The largest absolute Gasteiger partial charge is 0.497 e. The number of hydrogen-bond donors (Lipinski definition) is 1. The summed E-state index contributed by atoms with van der Waals surface area (Å²) in [5, 5.41) is 13.9. The van der Waals surface area contributed by atoms with Gasteiger partial charge in [-0.25, -0.2) is 0 Å². The van der Waals surface area contributed by atoms with Crippen molar-refractivity contribution in [1.29, 1.82) is 0 Å². The highest BCUT2D eigenvalue weighted by atomic mass is 35.5. The normalized spacial score (nSPS) is 26.4. The van der Waals surface area contributed by atoms with Gasteiger partial charge in [-0.05, 0) is 28.3 Å². The third kappa shape index (κ3) is 3.03. The number of nitro benzene ring substituents is 1. The molecule has 1 saturated heterocycles. The number of carbonyl (C=O) groups is 3. The molecule has 0 unspecified atom stereocenters. The summed E-state index contributed by atoms with van der Waals surface area (Å²) in [4.78, 5) is 49.6. The highest BCUT2D eigenvalue weighted by molar-refractivity contribution is 6.36. The fourth-order valence-corrected chi connectivity index (χ4v) is 7.21. The number of rotatable bonds is 5. The Morgan fingerprint density at radius 3 is 1.84 bits per heavy atom. The molecule has 0 radical (unpaired) electrons. The standard InChI is InChI=1S/C27H19Cl2N3O6/c1-38-14-10-11-20(32(36)37)19(12-14)30-21(33)13-31-24(34)22-23(25(31)35)27(29)16-7-3-2-6-15(16)26(22,28)17-8-4-5-9-18(17)27/h2-12,22-23H,13H2,1H3,(H,30,33)/t22-,23-,26?,27?/m0/s1. The summed E-state index contributed by atoms with van der Waals surface area (Å²) in [7, 11) is 1.38. The van der Waals surface area contributed by atoms with E-state index < -0.39 is 50.8 Å². The average molecular weight is 552 g/mol. The van der Waals surface area contributed by atoms with Crippen LogP contribution < -0.4 is 10.1 Å². The fraction of sp³-hybridized carbons (Fsp3) is 0.222. The molecule has 0 spiro atoms. The lowest BCUT2D eigenvalue weighted by Gasteiger charge is -2.54. The molecule has 0 saturated carbocycles. The number of anilines is 1. The summed E-state index contributed by atoms with van der Waals surface area (Å²) >= 11 is 14.7. The monoisotopic (exact) mass is 551 g/mol. The number of amides is 3. The number of nitro groups is 1. The Hall–Kier alpha value is -3.95. The fourth-order valence-electron chi connectivity index (χ4n) is 6.12. The summed E-state index contributed by atoms with van der Waals surface area (Å²) < 4.78 is 5.10. The van der Waals surface area contributed by atoms with Crippen molar-refractivity contribution < 1.29 is 24.0 Å². The van der Waals surface area contributed by atoms with Crippen LogP contribution in [0.5, 0.6) is 5.75 Å². The zero-order chi connectivity index (χ0) is 27.0. The van der Waals surface area contributed by atoms with Crippen LogP contribution in [-0.2, 0) is 24.1 Å². The Balaban J connectivity index is 1.39. The number of carbonyl (C=O) groups excluding carboxylic acids is 3. The van der Waals surface area contributed by atoms with Gasteiger partial charge in [-0.3, -0.25) is 29.4 Å². The number of alkyl halides is 2. The predicted molar refractivity (Wildman–Crippen MR) is 138 cm³/mol. The minimum absolute atomic E-state index is 0.127. The van der Waals surface area contributed by atoms with Crippen LogP contribution in [0.25, 0.3) is 0 Å². The second kappa shape index (κ2) is 8.28. The van der Waals surface area contributed by atoms with Crippen LogP contribution in [0.15, 0.2) is 66.7 Å². The molecule has 4 aliphatic rings. The zero-order valence-corrected chi connectivity index (χ0v) is 21.3. The van der Waals surface area contributed by atoms with E-state index in [1.165, 1.54) is 25.3 Å². The molecule has 3 aromatic carbocycles. The van der Waals surface area contributed by atoms with E-state index in [2.05, 4.69) is 5.32 Å². The van der Waals surface area contributed by atoms with Crippen LogP contribution in [0.1, 0.15) is 22.3 Å². The van der Waals surface area contributed by atoms with Gasteiger partial charge in [-0.1, -0.05) is 48.5 Å². The maximum Gasteiger partial charge on any atom is 0.293 e. The van der Waals surface area contributed by atoms with Gasteiger partial charge in [0.15, 0.2) is 0 Å². The van der Waals surface area contributed by atoms with Crippen molar-refractivity contribution in [2.45, 2.75) is 9.75 Å². The second-order valence-electron chi connectivity index (χ2n) is 9.42. The molecule has 3 amide bonds. The number of nitrogens with zero attached hydrogens (tertiary/aromatic N) is 2. The molecule has 7 rings (SSSR count). The number of halogens is 2. The molecule has 1 heterocycles. The Kier molecular flexibility index (Phi) is 5.31. The lowest BCUT2D eigenvalue weighted by atomic mass is 9.54. The van der Waals surface area contributed by atoms with Gasteiger partial charge in [-0.15, -0.1) is 23.2 Å². The van der Waals surface area contributed by atoms with E-state index in [0.717, 1.165) is 4.90 Å². The van der Waals surface area contributed by atoms with Crippen LogP contribution in [0.4, 0.5) is 11.4 Å². The van der Waals surface area contributed by atoms with Crippen LogP contribution in [0.3, 0.4) is 0 Å². The first kappa shape index (κ1) is 24.4. The molecule has 11 heteroatoms. The van der Waals surface area contributed by atoms with Crippen molar-refractivity contribution in [2.75, 3.05) is 19.0 Å². The first-order valence-corrected chi connectivity index (χ1v) is 12.4. The third-order valence-electron chi connectivity index (χ3n) is 7.65. The van der Waals surface area contributed by atoms with E-state index in [1.807, 2.05) is 0 Å². The molecule has 1 fully saturated rings. The summed E-state index contributed by atoms with van der Waals surface area (Å²) in [6.45, 7) is -0.661. The van der Waals surface area contributed by atoms with E-state index in [0.29, 0.717) is 22.3 Å². The van der Waals surface area contributed by atoms with Crippen molar-refractivity contribution >= 4 is 52.3 Å². The first-order chi connectivity index (χ1) is 18.1. The molecular formula is C27H19Cl2N3O6. The number of imide groups is 1. The maximum absolute atomic E-state index is 13.8. The van der Waals surface area contributed by atoms with Crippen LogP contribution in [-0.4, -0.2) is 41.2 Å². The van der Waals surface area contributed by atoms with Crippen molar-refractivity contribution in [1.82, 2.24) is 4.90 Å². The first-order valence-electron chi connectivity index (χ1n) is 11.7. The molecule has 9 nitrogen and oxygen atoms in total. The van der Waals surface area contributed by atoms with Gasteiger partial charge in [0.05, 0.1) is 23.9 Å². The molecule has 2 atom stereocenters. The van der Waals surface area contributed by atoms with Gasteiger partial charge >= 0.3 is 0 Å². The number of nitrogens with one attached hydrogen (secondary N) is 1. The predicted octanol–water partition coefficient (Wildman–Crippen LogP) is 4.14. The molecule has 3 aliphatic carbocycles. The summed E-state index contributed by atoms with van der Waals surface area (Å²) in [5.41, 5.74) is 2.10. The van der Waals surface area contributed by atoms with Gasteiger partial charge in [0, 0.05) is 12.1 Å². The topological polar surface area (TPSA) is 119 Å². The number of benzene rings is 3. The molecule has 1 aliphatic heterocycles. The van der Waals surface area contributed by atoms with E-state index in [4.69, 9.17) is 27.9 Å². The van der Waals surface area contributed by atoms with Gasteiger partial charge < -0.3 is 10.1 Å². The van der Waals surface area contributed by atoms with Crippen LogP contribution >= 0.6 is 23.2 Å². The van der Waals surface area contributed by atoms with Gasteiger partial charge in [0.2, 0.25) is 17.7 Å². The Morgan fingerprint density at radius 2 is 1.42 bits per heavy atom. The smallest absolute Gasteiger partial charge is 0.293 e. The minimum atomic E-state index is -1.36. The number of likely N-dealkylation sites (tertiary alicyclic amines) is 1. The quantitative estimate of drug-likeness (QED) is 0.220. The third-order valence-corrected chi connectivity index (χ3v) is 8.94. The molecule has 192 valence electrons.